The van der Waals surface area contributed by atoms with Crippen LogP contribution in [0.25, 0.3) is 0 Å². The minimum absolute atomic E-state index is 0.281. The van der Waals surface area contributed by atoms with E-state index in [4.69, 9.17) is 9.47 Å². The Bertz CT molecular complexity index is 713. The molecular weight excluding hydrogens is 560 g/mol. The molecule has 1 aliphatic heterocycles. The molecule has 0 bridgehead atoms. The summed E-state index contributed by atoms with van der Waals surface area (Å²) < 4.78 is 13.7. The van der Waals surface area contributed by atoms with Crippen molar-refractivity contribution < 1.29 is 9.47 Å². The van der Waals surface area contributed by atoms with Crippen molar-refractivity contribution in [2.75, 3.05) is 0 Å². The molecule has 2 nitrogen and oxygen atoms in total. The average molecular weight is 639 g/mol. The van der Waals surface area contributed by atoms with Gasteiger partial charge in [-0.15, -0.1) is 0 Å². The summed E-state index contributed by atoms with van der Waals surface area (Å²) in [4.78, 5) is 0. The Balaban J connectivity index is 1.53. The highest BCUT2D eigenvalue weighted by Gasteiger charge is 2.46. The lowest BCUT2D eigenvalue weighted by molar-refractivity contribution is -0.188. The van der Waals surface area contributed by atoms with Crippen molar-refractivity contribution in [1.82, 2.24) is 0 Å². The van der Waals surface area contributed by atoms with Gasteiger partial charge in [-0.25, -0.2) is 0 Å². The highest BCUT2D eigenvalue weighted by molar-refractivity contribution is 4.94. The van der Waals surface area contributed by atoms with E-state index in [1.165, 1.54) is 173 Å². The van der Waals surface area contributed by atoms with Crippen molar-refractivity contribution in [2.45, 2.75) is 231 Å². The fourth-order valence-electron chi connectivity index (χ4n) is 7.21. The van der Waals surface area contributed by atoms with Crippen molar-refractivity contribution in [3.05, 3.63) is 48.6 Å². The van der Waals surface area contributed by atoms with E-state index in [9.17, 15) is 0 Å². The van der Waals surface area contributed by atoms with Gasteiger partial charge in [0.05, 0.1) is 12.2 Å². The fraction of sp³-hybridized carbons (Fsp3) is 0.818. The summed E-state index contributed by atoms with van der Waals surface area (Å²) >= 11 is 0. The van der Waals surface area contributed by atoms with Crippen LogP contribution in [0.5, 0.6) is 0 Å². The molecule has 46 heavy (non-hydrogen) atoms. The van der Waals surface area contributed by atoms with Crippen LogP contribution in [0.15, 0.2) is 48.6 Å². The van der Waals surface area contributed by atoms with Crippen molar-refractivity contribution in [2.24, 2.45) is 0 Å². The quantitative estimate of drug-likeness (QED) is 0.0575. The SMILES string of the molecule is CCCCC/C=C\C/C=C\CCCCCCCCC1(CCCCCCCC/C=C\C/C=C\CCCCC)O[C@H]2CCCCC[C@H]2O1. The Kier molecular flexibility index (Phi) is 26.8. The van der Waals surface area contributed by atoms with Gasteiger partial charge in [-0.1, -0.05) is 159 Å². The van der Waals surface area contributed by atoms with E-state index < -0.39 is 0 Å². The summed E-state index contributed by atoms with van der Waals surface area (Å²) in [6.45, 7) is 4.54. The van der Waals surface area contributed by atoms with E-state index in [2.05, 4.69) is 62.5 Å². The monoisotopic (exact) mass is 639 g/mol. The summed E-state index contributed by atoms with van der Waals surface area (Å²) in [5, 5.41) is 0. The second kappa shape index (κ2) is 30.0. The molecule has 2 rings (SSSR count). The minimum atomic E-state index is -0.281. The molecule has 1 heterocycles. The molecule has 2 fully saturated rings. The molecular formula is C44H78O2. The molecule has 1 saturated carbocycles. The lowest BCUT2D eigenvalue weighted by Gasteiger charge is -2.29. The molecule has 0 spiro atoms. The summed E-state index contributed by atoms with van der Waals surface area (Å²) in [5.74, 6) is -0.281. The molecule has 0 N–H and O–H groups in total. The van der Waals surface area contributed by atoms with Crippen LogP contribution in [-0.4, -0.2) is 18.0 Å². The lowest BCUT2D eigenvalue weighted by atomic mass is 9.98. The molecule has 1 saturated heterocycles. The normalized spacial score (nSPS) is 20.1. The van der Waals surface area contributed by atoms with Gasteiger partial charge >= 0.3 is 0 Å². The van der Waals surface area contributed by atoms with E-state index in [1.54, 1.807) is 0 Å². The molecule has 0 amide bonds. The highest BCUT2D eigenvalue weighted by atomic mass is 16.8. The van der Waals surface area contributed by atoms with Crippen molar-refractivity contribution in [1.29, 1.82) is 0 Å². The number of hydrogen-bond donors (Lipinski definition) is 0. The molecule has 0 aromatic rings. The van der Waals surface area contributed by atoms with Gasteiger partial charge in [0.25, 0.3) is 0 Å². The van der Waals surface area contributed by atoms with Gasteiger partial charge in [-0.05, 0) is 89.9 Å². The molecule has 266 valence electrons. The van der Waals surface area contributed by atoms with E-state index in [1.807, 2.05) is 0 Å². The van der Waals surface area contributed by atoms with E-state index in [0.29, 0.717) is 12.2 Å². The van der Waals surface area contributed by atoms with Crippen molar-refractivity contribution in [3.63, 3.8) is 0 Å². The fourth-order valence-corrected chi connectivity index (χ4v) is 7.21. The highest BCUT2D eigenvalue weighted by Crippen LogP contribution is 2.42. The Morgan fingerprint density at radius 3 is 1.15 bits per heavy atom. The van der Waals surface area contributed by atoms with Crippen LogP contribution in [0.3, 0.4) is 0 Å². The standard InChI is InChI=1S/C44H78O2/c1-3-5-7-9-11-13-15-17-19-21-23-25-27-29-31-36-40-44(45-42-38-34-33-35-39-43(42)46-44)41-37-32-30-28-26-24-22-20-18-16-14-12-10-8-6-4-2/h11-14,17-20,42-43H,3-10,15-16,21-41H2,1-2H3/b13-11-,14-12-,19-17-,20-18-/t42-,43+. The number of hydrogen-bond acceptors (Lipinski definition) is 2. The van der Waals surface area contributed by atoms with E-state index in [-0.39, 0.29) is 5.79 Å². The van der Waals surface area contributed by atoms with Crippen LogP contribution >= 0.6 is 0 Å². The van der Waals surface area contributed by atoms with Gasteiger partial charge in [0.15, 0.2) is 5.79 Å². The predicted octanol–water partition coefficient (Wildman–Crippen LogP) is 14.8. The first-order valence-corrected chi connectivity index (χ1v) is 20.8. The Morgan fingerprint density at radius 1 is 0.413 bits per heavy atom. The Morgan fingerprint density at radius 2 is 0.761 bits per heavy atom. The Hall–Kier alpha value is -1.12. The number of ether oxygens (including phenoxy) is 2. The van der Waals surface area contributed by atoms with Gasteiger partial charge < -0.3 is 9.47 Å². The van der Waals surface area contributed by atoms with E-state index >= 15 is 0 Å². The first kappa shape index (κ1) is 41.1. The topological polar surface area (TPSA) is 18.5 Å². The lowest BCUT2D eigenvalue weighted by Crippen LogP contribution is -2.31. The van der Waals surface area contributed by atoms with Crippen molar-refractivity contribution >= 4 is 0 Å². The summed E-state index contributed by atoms with van der Waals surface area (Å²) in [5.41, 5.74) is 0. The molecule has 0 radical (unpaired) electrons. The number of fused-ring (bicyclic) bond motifs is 1. The van der Waals surface area contributed by atoms with Crippen molar-refractivity contribution in [3.8, 4) is 0 Å². The average Bonchev–Trinajstić information content (AvgIpc) is 3.26. The zero-order valence-electron chi connectivity index (χ0n) is 31.0. The molecule has 2 heteroatoms. The van der Waals surface area contributed by atoms with E-state index in [0.717, 1.165) is 25.7 Å². The van der Waals surface area contributed by atoms with Crippen LogP contribution in [0.4, 0.5) is 0 Å². The third kappa shape index (κ3) is 21.7. The molecule has 2 atom stereocenters. The first-order chi connectivity index (χ1) is 22.8. The summed E-state index contributed by atoms with van der Waals surface area (Å²) in [7, 11) is 0. The van der Waals surface area contributed by atoms with Gasteiger partial charge in [0.1, 0.15) is 0 Å². The second-order valence-electron chi connectivity index (χ2n) is 14.5. The summed E-state index contributed by atoms with van der Waals surface area (Å²) in [6.07, 6.45) is 59.5. The molecule has 1 aliphatic carbocycles. The zero-order chi connectivity index (χ0) is 32.6. The van der Waals surface area contributed by atoms with Gasteiger partial charge in [-0.2, -0.15) is 0 Å². The largest absolute Gasteiger partial charge is 0.344 e. The van der Waals surface area contributed by atoms with Crippen LogP contribution in [0.1, 0.15) is 213 Å². The molecule has 0 aromatic heterocycles. The third-order valence-corrected chi connectivity index (χ3v) is 10.1. The van der Waals surface area contributed by atoms with Crippen LogP contribution < -0.4 is 0 Å². The maximum Gasteiger partial charge on any atom is 0.169 e. The molecule has 2 aliphatic rings. The van der Waals surface area contributed by atoms with Gasteiger partial charge in [-0.3, -0.25) is 0 Å². The van der Waals surface area contributed by atoms with Gasteiger partial charge in [0.2, 0.25) is 0 Å². The Labute approximate surface area is 288 Å². The maximum atomic E-state index is 6.83. The molecule has 0 aromatic carbocycles. The minimum Gasteiger partial charge on any atom is -0.344 e. The first-order valence-electron chi connectivity index (χ1n) is 20.8. The molecule has 0 unspecified atom stereocenters. The summed E-state index contributed by atoms with van der Waals surface area (Å²) in [6, 6.07) is 0. The van der Waals surface area contributed by atoms with Crippen LogP contribution in [0, 0.1) is 0 Å². The number of allylic oxidation sites excluding steroid dienone is 8. The van der Waals surface area contributed by atoms with Crippen LogP contribution in [0.2, 0.25) is 0 Å². The smallest absolute Gasteiger partial charge is 0.169 e. The zero-order valence-corrected chi connectivity index (χ0v) is 31.0. The predicted molar refractivity (Wildman–Crippen MR) is 204 cm³/mol. The maximum absolute atomic E-state index is 6.83. The van der Waals surface area contributed by atoms with Crippen LogP contribution in [-0.2, 0) is 9.47 Å². The third-order valence-electron chi connectivity index (χ3n) is 10.1. The number of rotatable bonds is 30. The van der Waals surface area contributed by atoms with Gasteiger partial charge in [0, 0.05) is 12.8 Å². The number of unbranched alkanes of at least 4 members (excludes halogenated alkanes) is 18. The second-order valence-corrected chi connectivity index (χ2v) is 14.5.